The maximum absolute atomic E-state index is 12.8. The third-order valence-corrected chi connectivity index (χ3v) is 6.04. The number of aromatic nitrogens is 3. The van der Waals surface area contributed by atoms with Gasteiger partial charge in [-0.3, -0.25) is 9.59 Å². The molecule has 1 amide bonds. The first kappa shape index (κ1) is 19.4. The van der Waals surface area contributed by atoms with Gasteiger partial charge in [-0.25, -0.2) is 4.98 Å². The molecule has 1 aliphatic rings. The third kappa shape index (κ3) is 4.09. The number of carbonyl (C=O) groups excluding carboxylic acids is 1. The topological polar surface area (TPSA) is 88.8 Å². The van der Waals surface area contributed by atoms with Crippen LogP contribution in [0.4, 0.5) is 5.13 Å². The fourth-order valence-corrected chi connectivity index (χ4v) is 4.34. The van der Waals surface area contributed by atoms with Gasteiger partial charge in [0.05, 0.1) is 7.11 Å². The van der Waals surface area contributed by atoms with E-state index in [2.05, 4.69) is 27.2 Å². The van der Waals surface area contributed by atoms with E-state index in [9.17, 15) is 9.59 Å². The summed E-state index contributed by atoms with van der Waals surface area (Å²) in [6.45, 7) is 4.37. The highest BCUT2D eigenvalue weighted by molar-refractivity contribution is 7.20. The largest absolute Gasteiger partial charge is 0.497 e. The molecule has 2 aromatic heterocycles. The van der Waals surface area contributed by atoms with Crippen molar-refractivity contribution >= 4 is 27.3 Å². The Labute approximate surface area is 172 Å². The number of carbonyl (C=O) groups is 1. The summed E-state index contributed by atoms with van der Waals surface area (Å²) in [4.78, 5) is 32.3. The number of nitrogens with one attached hydrogen (secondary N) is 1. The number of rotatable bonds is 5. The van der Waals surface area contributed by atoms with Gasteiger partial charge in [-0.15, -0.1) is 5.10 Å². The van der Waals surface area contributed by atoms with E-state index in [0.29, 0.717) is 17.4 Å². The van der Waals surface area contributed by atoms with Crippen molar-refractivity contribution in [2.24, 2.45) is 5.92 Å². The fraction of sp³-hybridized carbons (Fsp3) is 0.400. The van der Waals surface area contributed by atoms with Gasteiger partial charge in [0.1, 0.15) is 11.3 Å². The number of fused-ring (bicyclic) bond motifs is 1. The van der Waals surface area contributed by atoms with E-state index in [1.54, 1.807) is 7.11 Å². The second-order valence-corrected chi connectivity index (χ2v) is 8.21. The third-order valence-electron chi connectivity index (χ3n) is 5.06. The Kier molecular flexibility index (Phi) is 5.48. The van der Waals surface area contributed by atoms with Gasteiger partial charge < -0.3 is 15.0 Å². The molecule has 29 heavy (non-hydrogen) atoms. The van der Waals surface area contributed by atoms with Crippen LogP contribution in [0.2, 0.25) is 0 Å². The molecule has 0 bridgehead atoms. The number of methoxy groups -OCH3 is 1. The molecule has 9 heteroatoms. The zero-order chi connectivity index (χ0) is 20.4. The second-order valence-electron chi connectivity index (χ2n) is 7.28. The zero-order valence-electron chi connectivity index (χ0n) is 16.4. The quantitative estimate of drug-likeness (QED) is 0.691. The van der Waals surface area contributed by atoms with Gasteiger partial charge in [-0.2, -0.15) is 4.52 Å². The van der Waals surface area contributed by atoms with E-state index < -0.39 is 11.5 Å². The van der Waals surface area contributed by atoms with E-state index in [-0.39, 0.29) is 5.56 Å². The lowest BCUT2D eigenvalue weighted by Crippen LogP contribution is -2.34. The van der Waals surface area contributed by atoms with E-state index in [1.807, 2.05) is 24.3 Å². The Morgan fingerprint density at radius 3 is 2.86 bits per heavy atom. The summed E-state index contributed by atoms with van der Waals surface area (Å²) in [6.07, 6.45) is 3.65. The molecule has 0 saturated carbocycles. The molecule has 152 valence electrons. The van der Waals surface area contributed by atoms with Gasteiger partial charge in [0.2, 0.25) is 10.1 Å². The van der Waals surface area contributed by atoms with Crippen LogP contribution in [0.25, 0.3) is 4.96 Å². The van der Waals surface area contributed by atoms with E-state index >= 15 is 0 Å². The minimum atomic E-state index is -0.464. The van der Waals surface area contributed by atoms with Gasteiger partial charge in [0.15, 0.2) is 0 Å². The standard InChI is InChI=1S/C20H23N5O3S/c1-13-4-3-9-24(12-13)20-23-25-18(27)16(11-22-19(25)29-20)17(26)21-10-14-5-7-15(28-2)8-6-14/h5-8,11,13H,3-4,9-10,12H2,1-2H3,(H,21,26)/t13-/m0/s1. The molecule has 8 nitrogen and oxygen atoms in total. The summed E-state index contributed by atoms with van der Waals surface area (Å²) < 4.78 is 6.36. The number of nitrogens with zero attached hydrogens (tertiary/aromatic N) is 4. The van der Waals surface area contributed by atoms with Gasteiger partial charge in [-0.05, 0) is 36.5 Å². The Bertz CT molecular complexity index is 1080. The minimum absolute atomic E-state index is 0.0140. The van der Waals surface area contributed by atoms with Gasteiger partial charge in [0.25, 0.3) is 11.5 Å². The lowest BCUT2D eigenvalue weighted by molar-refractivity contribution is 0.0948. The van der Waals surface area contributed by atoms with Gasteiger partial charge in [-0.1, -0.05) is 30.4 Å². The molecular weight excluding hydrogens is 390 g/mol. The lowest BCUT2D eigenvalue weighted by atomic mass is 10.0. The molecule has 1 aromatic carbocycles. The molecule has 1 saturated heterocycles. The first-order valence-corrected chi connectivity index (χ1v) is 10.4. The Hall–Kier alpha value is -2.94. The maximum atomic E-state index is 12.8. The molecule has 4 rings (SSSR count). The average molecular weight is 414 g/mol. The molecule has 1 aliphatic heterocycles. The van der Waals surface area contributed by atoms with Gasteiger partial charge >= 0.3 is 0 Å². The number of hydrogen-bond acceptors (Lipinski definition) is 7. The summed E-state index contributed by atoms with van der Waals surface area (Å²) in [5.74, 6) is 0.879. The summed E-state index contributed by atoms with van der Waals surface area (Å²) in [5.41, 5.74) is 0.443. The maximum Gasteiger partial charge on any atom is 0.288 e. The summed E-state index contributed by atoms with van der Waals surface area (Å²) in [7, 11) is 1.60. The molecule has 1 N–H and O–H groups in total. The number of anilines is 1. The number of piperidine rings is 1. The molecule has 0 radical (unpaired) electrons. The van der Waals surface area contributed by atoms with Crippen LogP contribution < -0.4 is 20.5 Å². The van der Waals surface area contributed by atoms with Crippen LogP contribution in [-0.2, 0) is 6.54 Å². The zero-order valence-corrected chi connectivity index (χ0v) is 17.2. The van der Waals surface area contributed by atoms with Crippen molar-refractivity contribution in [3.8, 4) is 5.75 Å². The smallest absolute Gasteiger partial charge is 0.288 e. The molecule has 0 aliphatic carbocycles. The highest BCUT2D eigenvalue weighted by Gasteiger charge is 2.22. The number of amides is 1. The summed E-state index contributed by atoms with van der Waals surface area (Å²) in [6, 6.07) is 7.37. The predicted molar refractivity (Wildman–Crippen MR) is 112 cm³/mol. The predicted octanol–water partition coefficient (Wildman–Crippen LogP) is 2.33. The van der Waals surface area contributed by atoms with Crippen molar-refractivity contribution in [2.75, 3.05) is 25.1 Å². The normalized spacial score (nSPS) is 16.8. The molecular formula is C20H23N5O3S. The molecule has 0 unspecified atom stereocenters. The van der Waals surface area contributed by atoms with Crippen molar-refractivity contribution in [1.82, 2.24) is 19.9 Å². The summed E-state index contributed by atoms with van der Waals surface area (Å²) >= 11 is 1.38. The Morgan fingerprint density at radius 2 is 2.14 bits per heavy atom. The lowest BCUT2D eigenvalue weighted by Gasteiger charge is -2.30. The number of hydrogen-bond donors (Lipinski definition) is 1. The molecule has 3 heterocycles. The summed E-state index contributed by atoms with van der Waals surface area (Å²) in [5, 5.41) is 7.98. The second kappa shape index (κ2) is 8.20. The van der Waals surface area contributed by atoms with Crippen molar-refractivity contribution < 1.29 is 9.53 Å². The van der Waals surface area contributed by atoms with Crippen LogP contribution in [0.1, 0.15) is 35.7 Å². The molecule has 3 aromatic rings. The van der Waals surface area contributed by atoms with Crippen LogP contribution in [0.15, 0.2) is 35.3 Å². The first-order valence-electron chi connectivity index (χ1n) is 9.60. The van der Waals surface area contributed by atoms with Crippen LogP contribution in [-0.4, -0.2) is 40.7 Å². The SMILES string of the molecule is COc1ccc(CNC(=O)c2cnc3sc(N4CCC[C@H](C)C4)nn3c2=O)cc1. The molecule has 0 spiro atoms. The van der Waals surface area contributed by atoms with Crippen molar-refractivity contribution in [3.63, 3.8) is 0 Å². The molecule has 1 atom stereocenters. The highest BCUT2D eigenvalue weighted by atomic mass is 32.1. The number of benzene rings is 1. The van der Waals surface area contributed by atoms with E-state index in [1.165, 1.54) is 28.5 Å². The monoisotopic (exact) mass is 413 g/mol. The Morgan fingerprint density at radius 1 is 1.34 bits per heavy atom. The van der Waals surface area contributed by atoms with Crippen molar-refractivity contribution in [2.45, 2.75) is 26.3 Å². The highest BCUT2D eigenvalue weighted by Crippen LogP contribution is 2.26. The fourth-order valence-electron chi connectivity index (χ4n) is 3.44. The van der Waals surface area contributed by atoms with Crippen molar-refractivity contribution in [3.05, 3.63) is 51.9 Å². The van der Waals surface area contributed by atoms with E-state index in [0.717, 1.165) is 36.0 Å². The number of ether oxygens (including phenoxy) is 1. The van der Waals surface area contributed by atoms with Gasteiger partial charge in [0, 0.05) is 25.8 Å². The first-order chi connectivity index (χ1) is 14.0. The minimum Gasteiger partial charge on any atom is -0.497 e. The van der Waals surface area contributed by atoms with Crippen molar-refractivity contribution in [1.29, 1.82) is 0 Å². The van der Waals surface area contributed by atoms with Crippen LogP contribution in [0, 0.1) is 5.92 Å². The van der Waals surface area contributed by atoms with Crippen LogP contribution in [0.3, 0.4) is 0 Å². The molecule has 1 fully saturated rings. The van der Waals surface area contributed by atoms with E-state index in [4.69, 9.17) is 4.74 Å². The Balaban J connectivity index is 1.51. The average Bonchev–Trinajstić information content (AvgIpc) is 3.18. The van der Waals surface area contributed by atoms with Crippen LogP contribution in [0.5, 0.6) is 5.75 Å². The van der Waals surface area contributed by atoms with Crippen LogP contribution >= 0.6 is 11.3 Å².